The van der Waals surface area contributed by atoms with Crippen molar-refractivity contribution in [1.82, 2.24) is 10.3 Å². The van der Waals surface area contributed by atoms with Gasteiger partial charge in [0.25, 0.3) is 5.91 Å². The first-order valence-electron chi connectivity index (χ1n) is 7.98. The van der Waals surface area contributed by atoms with Crippen LogP contribution in [0.1, 0.15) is 28.9 Å². The molecule has 4 N–H and O–H groups in total. The van der Waals surface area contributed by atoms with E-state index < -0.39 is 0 Å². The number of amides is 1. The number of H-pyrrole nitrogens is 1. The van der Waals surface area contributed by atoms with Gasteiger partial charge in [-0.1, -0.05) is 12.1 Å². The van der Waals surface area contributed by atoms with Crippen molar-refractivity contribution < 1.29 is 9.53 Å². The molecule has 0 aliphatic rings. The summed E-state index contributed by atoms with van der Waals surface area (Å²) in [5.41, 5.74) is 8.14. The molecule has 124 valence electrons. The van der Waals surface area contributed by atoms with Crippen molar-refractivity contribution in [3.8, 4) is 5.75 Å². The third kappa shape index (κ3) is 3.58. The molecule has 1 heterocycles. The average Bonchev–Trinajstić information content (AvgIpc) is 3.07. The van der Waals surface area contributed by atoms with E-state index in [1.807, 2.05) is 37.4 Å². The monoisotopic (exact) mass is 323 g/mol. The first kappa shape index (κ1) is 16.1. The molecule has 0 aliphatic heterocycles. The van der Waals surface area contributed by atoms with Gasteiger partial charge in [0.1, 0.15) is 12.4 Å². The topological polar surface area (TPSA) is 80.1 Å². The summed E-state index contributed by atoms with van der Waals surface area (Å²) in [6.45, 7) is 2.84. The zero-order valence-electron chi connectivity index (χ0n) is 13.6. The van der Waals surface area contributed by atoms with Crippen LogP contribution < -0.4 is 15.8 Å². The SMILES string of the molecule is C[C@H](NC(=O)c1cccc(OCCN)c1)c1ccc2[nH]ccc2c1. The molecule has 2 aromatic carbocycles. The first-order valence-corrected chi connectivity index (χ1v) is 7.98. The van der Waals surface area contributed by atoms with E-state index in [4.69, 9.17) is 10.5 Å². The summed E-state index contributed by atoms with van der Waals surface area (Å²) in [5.74, 6) is 0.518. The van der Waals surface area contributed by atoms with Crippen LogP contribution in [0, 0.1) is 0 Å². The van der Waals surface area contributed by atoms with Crippen molar-refractivity contribution in [3.05, 3.63) is 65.9 Å². The standard InChI is InChI=1S/C19H21N3O2/c1-13(14-5-6-18-15(11-14)7-9-21-18)22-19(23)16-3-2-4-17(12-16)24-10-8-20/h2-7,9,11-13,21H,8,10,20H2,1H3,(H,22,23)/t13-/m0/s1. The van der Waals surface area contributed by atoms with Gasteiger partial charge in [0.15, 0.2) is 0 Å². The summed E-state index contributed by atoms with van der Waals surface area (Å²) in [6, 6.07) is 15.2. The predicted octanol–water partition coefficient (Wildman–Crippen LogP) is 3.00. The number of ether oxygens (including phenoxy) is 1. The van der Waals surface area contributed by atoms with Crippen LogP contribution in [0.5, 0.6) is 5.75 Å². The van der Waals surface area contributed by atoms with E-state index in [2.05, 4.69) is 16.4 Å². The minimum atomic E-state index is -0.130. The number of fused-ring (bicyclic) bond motifs is 1. The van der Waals surface area contributed by atoms with Crippen LogP contribution in [0.2, 0.25) is 0 Å². The Labute approximate surface area is 140 Å². The minimum absolute atomic E-state index is 0.0922. The fraction of sp³-hybridized carbons (Fsp3) is 0.211. The molecule has 0 radical (unpaired) electrons. The zero-order valence-corrected chi connectivity index (χ0v) is 13.6. The lowest BCUT2D eigenvalue weighted by Crippen LogP contribution is -2.26. The lowest BCUT2D eigenvalue weighted by molar-refractivity contribution is 0.0939. The van der Waals surface area contributed by atoms with Crippen molar-refractivity contribution in [3.63, 3.8) is 0 Å². The maximum atomic E-state index is 12.5. The average molecular weight is 323 g/mol. The van der Waals surface area contributed by atoms with Gasteiger partial charge in [-0.25, -0.2) is 0 Å². The van der Waals surface area contributed by atoms with E-state index in [-0.39, 0.29) is 11.9 Å². The second kappa shape index (κ2) is 7.19. The largest absolute Gasteiger partial charge is 0.492 e. The fourth-order valence-corrected chi connectivity index (χ4v) is 2.61. The van der Waals surface area contributed by atoms with Gasteiger partial charge in [-0.15, -0.1) is 0 Å². The summed E-state index contributed by atoms with van der Waals surface area (Å²) in [7, 11) is 0. The Morgan fingerprint density at radius 1 is 1.25 bits per heavy atom. The van der Waals surface area contributed by atoms with Gasteiger partial charge in [0.05, 0.1) is 6.04 Å². The lowest BCUT2D eigenvalue weighted by Gasteiger charge is -2.15. The molecular weight excluding hydrogens is 302 g/mol. The molecule has 0 fully saturated rings. The Morgan fingerprint density at radius 2 is 2.12 bits per heavy atom. The van der Waals surface area contributed by atoms with Crippen LogP contribution in [0.4, 0.5) is 0 Å². The Morgan fingerprint density at radius 3 is 2.96 bits per heavy atom. The van der Waals surface area contributed by atoms with E-state index >= 15 is 0 Å². The number of nitrogens with one attached hydrogen (secondary N) is 2. The highest BCUT2D eigenvalue weighted by molar-refractivity contribution is 5.94. The minimum Gasteiger partial charge on any atom is -0.492 e. The highest BCUT2D eigenvalue weighted by Gasteiger charge is 2.12. The quantitative estimate of drug-likeness (QED) is 0.652. The molecule has 0 saturated carbocycles. The maximum Gasteiger partial charge on any atom is 0.251 e. The Hall–Kier alpha value is -2.79. The highest BCUT2D eigenvalue weighted by Crippen LogP contribution is 2.20. The number of carbonyl (C=O) groups is 1. The molecule has 0 bridgehead atoms. The van der Waals surface area contributed by atoms with Crippen LogP contribution in [-0.2, 0) is 0 Å². The van der Waals surface area contributed by atoms with Crippen molar-refractivity contribution in [2.75, 3.05) is 13.2 Å². The van der Waals surface area contributed by atoms with E-state index in [1.165, 1.54) is 0 Å². The molecule has 5 heteroatoms. The van der Waals surface area contributed by atoms with Gasteiger partial charge in [-0.05, 0) is 54.3 Å². The number of carbonyl (C=O) groups excluding carboxylic acids is 1. The molecule has 0 spiro atoms. The zero-order chi connectivity index (χ0) is 16.9. The molecule has 0 aliphatic carbocycles. The molecule has 0 saturated heterocycles. The van der Waals surface area contributed by atoms with Gasteiger partial charge in [-0.2, -0.15) is 0 Å². The van der Waals surface area contributed by atoms with Crippen molar-refractivity contribution in [1.29, 1.82) is 0 Å². The summed E-state index contributed by atoms with van der Waals surface area (Å²) < 4.78 is 5.47. The first-order chi connectivity index (χ1) is 11.7. The molecule has 1 aromatic heterocycles. The summed E-state index contributed by atoms with van der Waals surface area (Å²) >= 11 is 0. The Balaban J connectivity index is 1.71. The number of aromatic nitrogens is 1. The number of rotatable bonds is 6. The van der Waals surface area contributed by atoms with E-state index in [0.29, 0.717) is 24.5 Å². The number of benzene rings is 2. The van der Waals surface area contributed by atoms with Gasteiger partial charge >= 0.3 is 0 Å². The van der Waals surface area contributed by atoms with Crippen LogP contribution >= 0.6 is 0 Å². The predicted molar refractivity (Wildman–Crippen MR) is 95.2 cm³/mol. The van der Waals surface area contributed by atoms with Crippen LogP contribution in [0.3, 0.4) is 0 Å². The number of nitrogens with two attached hydrogens (primary N) is 1. The van der Waals surface area contributed by atoms with Gasteiger partial charge in [0, 0.05) is 23.8 Å². The van der Waals surface area contributed by atoms with Crippen molar-refractivity contribution in [2.45, 2.75) is 13.0 Å². The Kier molecular flexibility index (Phi) is 4.82. The third-order valence-electron chi connectivity index (χ3n) is 3.91. The molecule has 5 nitrogen and oxygen atoms in total. The van der Waals surface area contributed by atoms with Gasteiger partial charge < -0.3 is 20.8 Å². The van der Waals surface area contributed by atoms with E-state index in [1.54, 1.807) is 18.2 Å². The molecule has 1 atom stereocenters. The van der Waals surface area contributed by atoms with Crippen molar-refractivity contribution >= 4 is 16.8 Å². The molecule has 3 aromatic rings. The molecule has 1 amide bonds. The molecule has 0 unspecified atom stereocenters. The molecule has 3 rings (SSSR count). The summed E-state index contributed by atoms with van der Waals surface area (Å²) in [6.07, 6.45) is 1.91. The number of aromatic amines is 1. The number of hydrogen-bond donors (Lipinski definition) is 3. The van der Waals surface area contributed by atoms with Crippen LogP contribution in [0.25, 0.3) is 10.9 Å². The normalized spacial score (nSPS) is 12.1. The lowest BCUT2D eigenvalue weighted by atomic mass is 10.1. The molecular formula is C19H21N3O2. The highest BCUT2D eigenvalue weighted by atomic mass is 16.5. The maximum absolute atomic E-state index is 12.5. The van der Waals surface area contributed by atoms with E-state index in [9.17, 15) is 4.79 Å². The van der Waals surface area contributed by atoms with Crippen molar-refractivity contribution in [2.24, 2.45) is 5.73 Å². The second-order valence-corrected chi connectivity index (χ2v) is 5.68. The second-order valence-electron chi connectivity index (χ2n) is 5.68. The van der Waals surface area contributed by atoms with Crippen LogP contribution in [-0.4, -0.2) is 24.0 Å². The van der Waals surface area contributed by atoms with Gasteiger partial charge in [0.2, 0.25) is 0 Å². The van der Waals surface area contributed by atoms with Gasteiger partial charge in [-0.3, -0.25) is 4.79 Å². The Bertz CT molecular complexity index is 841. The van der Waals surface area contributed by atoms with E-state index in [0.717, 1.165) is 16.5 Å². The fourth-order valence-electron chi connectivity index (χ4n) is 2.61. The smallest absolute Gasteiger partial charge is 0.251 e. The number of hydrogen-bond acceptors (Lipinski definition) is 3. The third-order valence-corrected chi connectivity index (χ3v) is 3.91. The molecule has 24 heavy (non-hydrogen) atoms. The van der Waals surface area contributed by atoms with Crippen LogP contribution in [0.15, 0.2) is 54.7 Å². The summed E-state index contributed by atoms with van der Waals surface area (Å²) in [4.78, 5) is 15.6. The summed E-state index contributed by atoms with van der Waals surface area (Å²) in [5, 5.41) is 4.15.